The van der Waals surface area contributed by atoms with Gasteiger partial charge in [0.05, 0.1) is 14.5 Å². The molecule has 0 saturated heterocycles. The van der Waals surface area contributed by atoms with Crippen molar-refractivity contribution in [1.82, 2.24) is 0 Å². The first-order chi connectivity index (χ1) is 7.36. The monoisotopic (exact) mass is 211 g/mol. The molecule has 2 heterocycles. The smallest absolute Gasteiger partial charge is 0.196 e. The second-order valence-corrected chi connectivity index (χ2v) is 4.46. The van der Waals surface area contributed by atoms with Crippen molar-refractivity contribution in [2.24, 2.45) is 0 Å². The first-order valence-electron chi connectivity index (χ1n) is 4.68. The molecule has 0 amide bonds. The van der Waals surface area contributed by atoms with Crippen LogP contribution >= 0.6 is 0 Å². The normalized spacial score (nSPS) is 13.1. The van der Waals surface area contributed by atoms with E-state index in [-0.39, 0.29) is 5.43 Å². The van der Waals surface area contributed by atoms with Crippen molar-refractivity contribution in [2.45, 2.75) is 0 Å². The summed E-state index contributed by atoms with van der Waals surface area (Å²) in [6.45, 7) is 0. The van der Waals surface area contributed by atoms with Crippen LogP contribution in [0.15, 0.2) is 39.6 Å². The van der Waals surface area contributed by atoms with Crippen LogP contribution in [0.25, 0.3) is 17.0 Å². The molecule has 1 aromatic carbocycles. The molecular weight excluding hydrogens is 204 g/mol. The molecule has 1 aliphatic rings. The summed E-state index contributed by atoms with van der Waals surface area (Å²) in [5.41, 5.74) is 2.76. The Morgan fingerprint density at radius 3 is 3.00 bits per heavy atom. The summed E-state index contributed by atoms with van der Waals surface area (Å²) in [5, 5.41) is 1.46. The van der Waals surface area contributed by atoms with E-state index in [1.807, 2.05) is 42.1 Å². The molecule has 3 heteroatoms. The standard InChI is InChI=1S/C12H7O2Si/c13-11-8-4-1-2-5-9(8)14-10-6-3-7-15-12(10)11/h1-7H. The van der Waals surface area contributed by atoms with Crippen LogP contribution in [-0.2, 0) is 0 Å². The fourth-order valence-electron chi connectivity index (χ4n) is 1.68. The van der Waals surface area contributed by atoms with Crippen molar-refractivity contribution < 1.29 is 4.42 Å². The molecular formula is C12H7O2Si. The van der Waals surface area contributed by atoms with Gasteiger partial charge in [-0.25, -0.2) is 0 Å². The zero-order chi connectivity index (χ0) is 10.3. The fraction of sp³-hybridized carbons (Fsp3) is 0. The van der Waals surface area contributed by atoms with Crippen molar-refractivity contribution in [1.29, 1.82) is 0 Å². The molecule has 1 aliphatic heterocycles. The Balaban J connectivity index is 2.54. The molecule has 1 aromatic heterocycles. The van der Waals surface area contributed by atoms with Gasteiger partial charge in [0.15, 0.2) is 5.43 Å². The lowest BCUT2D eigenvalue weighted by molar-refractivity contribution is 0.595. The number of hydrogen-bond acceptors (Lipinski definition) is 2. The molecule has 0 spiro atoms. The zero-order valence-electron chi connectivity index (χ0n) is 7.86. The van der Waals surface area contributed by atoms with Crippen molar-refractivity contribution in [3.63, 3.8) is 0 Å². The predicted octanol–water partition coefficient (Wildman–Crippen LogP) is 0.952. The van der Waals surface area contributed by atoms with E-state index < -0.39 is 0 Å². The number of rotatable bonds is 0. The highest BCUT2D eigenvalue weighted by atomic mass is 28.2. The molecule has 0 atom stereocenters. The molecule has 0 unspecified atom stereocenters. The summed E-state index contributed by atoms with van der Waals surface area (Å²) in [7, 11) is 0.417. The van der Waals surface area contributed by atoms with Crippen LogP contribution in [0.2, 0.25) is 0 Å². The summed E-state index contributed by atoms with van der Waals surface area (Å²) in [6.07, 6.45) is 3.78. The summed E-state index contributed by atoms with van der Waals surface area (Å²) in [5.74, 6) is 0.708. The highest BCUT2D eigenvalue weighted by molar-refractivity contribution is 6.64. The van der Waals surface area contributed by atoms with Gasteiger partial charge >= 0.3 is 0 Å². The number of allylic oxidation sites excluding steroid dienone is 1. The second kappa shape index (κ2) is 3.14. The van der Waals surface area contributed by atoms with Crippen LogP contribution in [0.5, 0.6) is 0 Å². The number of hydrogen-bond donors (Lipinski definition) is 0. The van der Waals surface area contributed by atoms with E-state index in [0.29, 0.717) is 25.9 Å². The summed E-state index contributed by atoms with van der Waals surface area (Å²) < 4.78 is 5.67. The highest BCUT2D eigenvalue weighted by Crippen LogP contribution is 2.11. The van der Waals surface area contributed by atoms with Gasteiger partial charge in [-0.05, 0) is 18.2 Å². The van der Waals surface area contributed by atoms with Gasteiger partial charge in [-0.1, -0.05) is 23.9 Å². The average Bonchev–Trinajstić information content (AvgIpc) is 2.30. The van der Waals surface area contributed by atoms with E-state index in [2.05, 4.69) is 0 Å². The molecule has 0 aliphatic carbocycles. The lowest BCUT2D eigenvalue weighted by Gasteiger charge is -2.04. The maximum absolute atomic E-state index is 12.1. The van der Waals surface area contributed by atoms with Crippen molar-refractivity contribution in [3.05, 3.63) is 46.3 Å². The molecule has 2 aromatic rings. The van der Waals surface area contributed by atoms with Crippen molar-refractivity contribution in [2.75, 3.05) is 0 Å². The molecule has 3 rings (SSSR count). The van der Waals surface area contributed by atoms with Crippen LogP contribution in [-0.4, -0.2) is 14.8 Å². The van der Waals surface area contributed by atoms with E-state index in [1.165, 1.54) is 0 Å². The number of para-hydroxylation sites is 1. The maximum Gasteiger partial charge on any atom is 0.196 e. The van der Waals surface area contributed by atoms with Crippen LogP contribution < -0.4 is 10.6 Å². The molecule has 0 N–H and O–H groups in total. The number of fused-ring (bicyclic) bond motifs is 2. The first-order valence-corrected chi connectivity index (χ1v) is 5.76. The third kappa shape index (κ3) is 1.24. The van der Waals surface area contributed by atoms with Gasteiger partial charge in [0.25, 0.3) is 0 Å². The zero-order valence-corrected chi connectivity index (χ0v) is 8.86. The average molecular weight is 211 g/mol. The fourth-order valence-corrected chi connectivity index (χ4v) is 2.58. The van der Waals surface area contributed by atoms with Crippen molar-refractivity contribution >= 4 is 37.0 Å². The lowest BCUT2D eigenvalue weighted by atomic mass is 10.2. The highest BCUT2D eigenvalue weighted by Gasteiger charge is 2.10. The predicted molar refractivity (Wildman–Crippen MR) is 63.0 cm³/mol. The van der Waals surface area contributed by atoms with Crippen LogP contribution in [0, 0.1) is 0 Å². The maximum atomic E-state index is 12.1. The third-order valence-electron chi connectivity index (χ3n) is 2.40. The van der Waals surface area contributed by atoms with Gasteiger partial charge in [0.2, 0.25) is 0 Å². The lowest BCUT2D eigenvalue weighted by Crippen LogP contribution is -2.32. The Kier molecular flexibility index (Phi) is 1.79. The molecule has 1 radical (unpaired) electrons. The largest absolute Gasteiger partial charge is 0.456 e. The molecule has 2 nitrogen and oxygen atoms in total. The Morgan fingerprint density at radius 1 is 1.20 bits per heavy atom. The third-order valence-corrected chi connectivity index (χ3v) is 3.52. The SMILES string of the molecule is O=c1c2c(oc3ccccc13)C=CC=[Si]2. The van der Waals surface area contributed by atoms with Gasteiger partial charge in [-0.2, -0.15) is 0 Å². The summed E-state index contributed by atoms with van der Waals surface area (Å²) >= 11 is 0. The van der Waals surface area contributed by atoms with E-state index in [0.717, 1.165) is 5.19 Å². The van der Waals surface area contributed by atoms with E-state index in [4.69, 9.17) is 4.42 Å². The molecule has 71 valence electrons. The molecule has 0 saturated carbocycles. The van der Waals surface area contributed by atoms with Crippen LogP contribution in [0.3, 0.4) is 0 Å². The summed E-state index contributed by atoms with van der Waals surface area (Å²) in [4.78, 5) is 12.1. The number of benzene rings is 1. The van der Waals surface area contributed by atoms with E-state index in [9.17, 15) is 4.79 Å². The van der Waals surface area contributed by atoms with Crippen molar-refractivity contribution in [3.8, 4) is 0 Å². The van der Waals surface area contributed by atoms with Gasteiger partial charge < -0.3 is 4.42 Å². The minimum Gasteiger partial charge on any atom is -0.456 e. The minimum atomic E-state index is 0.103. The van der Waals surface area contributed by atoms with Crippen LogP contribution in [0.1, 0.15) is 5.76 Å². The van der Waals surface area contributed by atoms with Gasteiger partial charge in [0, 0.05) is 5.19 Å². The Hall–Kier alpha value is -1.74. The molecule has 0 bridgehead atoms. The minimum absolute atomic E-state index is 0.103. The molecule has 0 fully saturated rings. The first kappa shape index (κ1) is 8.56. The Bertz CT molecular complexity index is 650. The summed E-state index contributed by atoms with van der Waals surface area (Å²) in [6, 6.07) is 7.37. The van der Waals surface area contributed by atoms with Gasteiger partial charge in [-0.15, -0.1) is 0 Å². The van der Waals surface area contributed by atoms with E-state index in [1.54, 1.807) is 0 Å². The van der Waals surface area contributed by atoms with Crippen LogP contribution in [0.4, 0.5) is 0 Å². The topological polar surface area (TPSA) is 30.2 Å². The van der Waals surface area contributed by atoms with E-state index >= 15 is 0 Å². The molecule has 15 heavy (non-hydrogen) atoms. The Morgan fingerprint density at radius 2 is 2.07 bits per heavy atom. The van der Waals surface area contributed by atoms with Gasteiger partial charge in [0.1, 0.15) is 11.3 Å². The second-order valence-electron chi connectivity index (χ2n) is 3.34. The quantitative estimate of drug-likeness (QED) is 0.607. The Labute approximate surface area is 88.3 Å². The van der Waals surface area contributed by atoms with Gasteiger partial charge in [-0.3, -0.25) is 4.79 Å².